The first-order valence-corrected chi connectivity index (χ1v) is 7.89. The zero-order valence-corrected chi connectivity index (χ0v) is 13.8. The van der Waals surface area contributed by atoms with Crippen LogP contribution in [-0.4, -0.2) is 25.6 Å². The smallest absolute Gasteiger partial charge is 0.257 e. The molecule has 3 aromatic rings. The van der Waals surface area contributed by atoms with E-state index in [4.69, 9.17) is 0 Å². The maximum atomic E-state index is 13.0. The van der Waals surface area contributed by atoms with E-state index in [1.54, 1.807) is 30.3 Å². The standard InChI is InChI=1S/C19H20N4O/c1-15(18-10-6-7-11-20-18)23(13-16-8-4-3-5-9-16)19(24)17-12-21-22(2)14-17/h3-12,14-15H,13H2,1-2H3/t15-/m1/s1. The molecule has 0 N–H and O–H groups in total. The highest BCUT2D eigenvalue weighted by Crippen LogP contribution is 2.23. The number of hydrogen-bond donors (Lipinski definition) is 0. The number of aromatic nitrogens is 3. The van der Waals surface area contributed by atoms with Gasteiger partial charge in [0.15, 0.2) is 0 Å². The van der Waals surface area contributed by atoms with Gasteiger partial charge in [0.25, 0.3) is 5.91 Å². The first-order chi connectivity index (χ1) is 11.6. The van der Waals surface area contributed by atoms with Crippen molar-refractivity contribution < 1.29 is 4.79 Å². The fraction of sp³-hybridized carbons (Fsp3) is 0.211. The molecule has 5 heteroatoms. The molecule has 122 valence electrons. The van der Waals surface area contributed by atoms with Crippen molar-refractivity contribution in [2.45, 2.75) is 19.5 Å². The second kappa shape index (κ2) is 7.08. The van der Waals surface area contributed by atoms with Crippen molar-refractivity contribution in [1.82, 2.24) is 19.7 Å². The molecule has 2 aromatic heterocycles. The molecule has 1 amide bonds. The highest BCUT2D eigenvalue weighted by molar-refractivity contribution is 5.94. The number of pyridine rings is 1. The third-order valence-electron chi connectivity index (χ3n) is 3.99. The number of carbonyl (C=O) groups is 1. The summed E-state index contributed by atoms with van der Waals surface area (Å²) in [6.45, 7) is 2.52. The Morgan fingerprint density at radius 3 is 2.54 bits per heavy atom. The maximum Gasteiger partial charge on any atom is 0.257 e. The average Bonchev–Trinajstić information content (AvgIpc) is 3.06. The molecule has 0 fully saturated rings. The molecule has 2 heterocycles. The third kappa shape index (κ3) is 3.51. The van der Waals surface area contributed by atoms with Crippen molar-refractivity contribution in [3.8, 4) is 0 Å². The molecule has 24 heavy (non-hydrogen) atoms. The number of nitrogens with zero attached hydrogens (tertiary/aromatic N) is 4. The number of benzene rings is 1. The molecule has 1 aromatic carbocycles. The van der Waals surface area contributed by atoms with Gasteiger partial charge in [0.2, 0.25) is 0 Å². The summed E-state index contributed by atoms with van der Waals surface area (Å²) < 4.78 is 1.64. The van der Waals surface area contributed by atoms with Crippen LogP contribution in [0.1, 0.15) is 34.6 Å². The van der Waals surface area contributed by atoms with Crippen molar-refractivity contribution in [2.75, 3.05) is 0 Å². The molecule has 3 rings (SSSR count). The summed E-state index contributed by atoms with van der Waals surface area (Å²) in [5, 5.41) is 4.11. The lowest BCUT2D eigenvalue weighted by Gasteiger charge is -2.28. The summed E-state index contributed by atoms with van der Waals surface area (Å²) in [6.07, 6.45) is 5.10. The van der Waals surface area contributed by atoms with Crippen LogP contribution in [0.5, 0.6) is 0 Å². The Morgan fingerprint density at radius 2 is 1.92 bits per heavy atom. The molecule has 0 spiro atoms. The normalized spacial score (nSPS) is 11.9. The van der Waals surface area contributed by atoms with Gasteiger partial charge in [-0.15, -0.1) is 0 Å². The SMILES string of the molecule is C[C@H](c1ccccn1)N(Cc1ccccc1)C(=O)c1cnn(C)c1. The predicted octanol–water partition coefficient (Wildman–Crippen LogP) is 3.22. The monoisotopic (exact) mass is 320 g/mol. The molecular weight excluding hydrogens is 300 g/mol. The second-order valence-electron chi connectivity index (χ2n) is 5.75. The van der Waals surface area contributed by atoms with Crippen LogP contribution in [0.2, 0.25) is 0 Å². The fourth-order valence-electron chi connectivity index (χ4n) is 2.64. The molecular formula is C19H20N4O. The number of carbonyl (C=O) groups excluding carboxylic acids is 1. The Bertz CT molecular complexity index is 799. The van der Waals surface area contributed by atoms with Crippen molar-refractivity contribution in [1.29, 1.82) is 0 Å². The van der Waals surface area contributed by atoms with Crippen LogP contribution in [0.25, 0.3) is 0 Å². The van der Waals surface area contributed by atoms with Crippen molar-refractivity contribution >= 4 is 5.91 Å². The van der Waals surface area contributed by atoms with E-state index in [2.05, 4.69) is 10.1 Å². The van der Waals surface area contributed by atoms with E-state index >= 15 is 0 Å². The topological polar surface area (TPSA) is 51.0 Å². The van der Waals surface area contributed by atoms with Gasteiger partial charge in [0.1, 0.15) is 0 Å². The van der Waals surface area contributed by atoms with Gasteiger partial charge in [-0.1, -0.05) is 36.4 Å². The van der Waals surface area contributed by atoms with Crippen LogP contribution in [0, 0.1) is 0 Å². The van der Waals surface area contributed by atoms with Gasteiger partial charge >= 0.3 is 0 Å². The minimum absolute atomic E-state index is 0.0508. The summed E-state index contributed by atoms with van der Waals surface area (Å²) in [5.41, 5.74) is 2.53. The molecule has 0 aliphatic carbocycles. The maximum absolute atomic E-state index is 13.0. The summed E-state index contributed by atoms with van der Waals surface area (Å²) in [5.74, 6) is -0.0508. The number of rotatable bonds is 5. The van der Waals surface area contributed by atoms with E-state index in [9.17, 15) is 4.79 Å². The van der Waals surface area contributed by atoms with Gasteiger partial charge in [-0.25, -0.2) is 0 Å². The molecule has 1 atom stereocenters. The van der Waals surface area contributed by atoms with Crippen LogP contribution >= 0.6 is 0 Å². The van der Waals surface area contributed by atoms with E-state index in [0.29, 0.717) is 12.1 Å². The minimum Gasteiger partial charge on any atom is -0.326 e. The van der Waals surface area contributed by atoms with Crippen LogP contribution < -0.4 is 0 Å². The van der Waals surface area contributed by atoms with Crippen LogP contribution in [-0.2, 0) is 13.6 Å². The Hall–Kier alpha value is -2.95. The van der Waals surface area contributed by atoms with Crippen LogP contribution in [0.4, 0.5) is 0 Å². The zero-order chi connectivity index (χ0) is 16.9. The predicted molar refractivity (Wildman–Crippen MR) is 92.2 cm³/mol. The quantitative estimate of drug-likeness (QED) is 0.725. The van der Waals surface area contributed by atoms with Gasteiger partial charge in [-0.3, -0.25) is 14.5 Å². The highest BCUT2D eigenvalue weighted by atomic mass is 16.2. The summed E-state index contributed by atoms with van der Waals surface area (Å²) >= 11 is 0. The average molecular weight is 320 g/mol. The van der Waals surface area contributed by atoms with E-state index < -0.39 is 0 Å². The van der Waals surface area contributed by atoms with Crippen molar-refractivity contribution in [2.24, 2.45) is 7.05 Å². The Labute approximate surface area is 141 Å². The van der Waals surface area contributed by atoms with Gasteiger partial charge in [-0.05, 0) is 24.6 Å². The number of amides is 1. The molecule has 0 saturated carbocycles. The Balaban J connectivity index is 1.92. The Morgan fingerprint density at radius 1 is 1.17 bits per heavy atom. The summed E-state index contributed by atoms with van der Waals surface area (Å²) in [6, 6.07) is 15.6. The molecule has 0 radical (unpaired) electrons. The van der Waals surface area contributed by atoms with Gasteiger partial charge in [0.05, 0.1) is 23.5 Å². The summed E-state index contributed by atoms with van der Waals surface area (Å²) in [4.78, 5) is 19.3. The Kier molecular flexibility index (Phi) is 4.70. The first kappa shape index (κ1) is 15.9. The highest BCUT2D eigenvalue weighted by Gasteiger charge is 2.24. The molecule has 0 saturated heterocycles. The van der Waals surface area contributed by atoms with Crippen molar-refractivity contribution in [3.05, 3.63) is 83.9 Å². The van der Waals surface area contributed by atoms with Gasteiger partial charge in [-0.2, -0.15) is 5.10 Å². The molecule has 0 unspecified atom stereocenters. The second-order valence-corrected chi connectivity index (χ2v) is 5.75. The van der Waals surface area contributed by atoms with Crippen LogP contribution in [0.3, 0.4) is 0 Å². The summed E-state index contributed by atoms with van der Waals surface area (Å²) in [7, 11) is 1.81. The molecule has 5 nitrogen and oxygen atoms in total. The van der Waals surface area contributed by atoms with E-state index in [0.717, 1.165) is 11.3 Å². The zero-order valence-electron chi connectivity index (χ0n) is 13.8. The fourth-order valence-corrected chi connectivity index (χ4v) is 2.64. The number of aryl methyl sites for hydroxylation is 1. The number of hydrogen-bond acceptors (Lipinski definition) is 3. The van der Waals surface area contributed by atoms with E-state index in [-0.39, 0.29) is 11.9 Å². The third-order valence-corrected chi connectivity index (χ3v) is 3.99. The largest absolute Gasteiger partial charge is 0.326 e. The van der Waals surface area contributed by atoms with Gasteiger partial charge < -0.3 is 4.90 Å². The van der Waals surface area contributed by atoms with Crippen molar-refractivity contribution in [3.63, 3.8) is 0 Å². The van der Waals surface area contributed by atoms with Gasteiger partial charge in [0, 0.05) is 26.0 Å². The van der Waals surface area contributed by atoms with Crippen LogP contribution in [0.15, 0.2) is 67.1 Å². The van der Waals surface area contributed by atoms with E-state index in [1.165, 1.54) is 0 Å². The molecule has 0 bridgehead atoms. The lowest BCUT2D eigenvalue weighted by molar-refractivity contribution is 0.0670. The lowest BCUT2D eigenvalue weighted by Crippen LogP contribution is -2.33. The first-order valence-electron chi connectivity index (χ1n) is 7.89. The molecule has 0 aliphatic rings. The van der Waals surface area contributed by atoms with E-state index in [1.807, 2.05) is 60.4 Å². The lowest BCUT2D eigenvalue weighted by atomic mass is 10.1. The minimum atomic E-state index is -0.140. The molecule has 0 aliphatic heterocycles.